The first-order valence-corrected chi connectivity index (χ1v) is 6.42. The van der Waals surface area contributed by atoms with Crippen LogP contribution >= 0.6 is 12.4 Å². The summed E-state index contributed by atoms with van der Waals surface area (Å²) in [6.07, 6.45) is 5.26. The van der Waals surface area contributed by atoms with Gasteiger partial charge in [0.1, 0.15) is 5.82 Å². The van der Waals surface area contributed by atoms with Gasteiger partial charge in [-0.1, -0.05) is 31.4 Å². The average Bonchev–Trinajstić information content (AvgIpc) is 2.38. The summed E-state index contributed by atoms with van der Waals surface area (Å²) in [4.78, 5) is 11.8. The predicted molar refractivity (Wildman–Crippen MR) is 76.0 cm³/mol. The highest BCUT2D eigenvalue weighted by Gasteiger charge is 2.28. The highest BCUT2D eigenvalue weighted by molar-refractivity contribution is 5.94. The number of nitrogens with one attached hydrogen (secondary N) is 1. The van der Waals surface area contributed by atoms with Gasteiger partial charge in [-0.3, -0.25) is 4.79 Å². The molecule has 1 amide bonds. The van der Waals surface area contributed by atoms with Crippen molar-refractivity contribution in [3.05, 3.63) is 35.6 Å². The lowest BCUT2D eigenvalue weighted by Gasteiger charge is -2.33. The highest BCUT2D eigenvalue weighted by atomic mass is 35.5. The number of rotatable bonds is 3. The summed E-state index contributed by atoms with van der Waals surface area (Å²) >= 11 is 0. The van der Waals surface area contributed by atoms with Gasteiger partial charge in [0.25, 0.3) is 5.91 Å². The number of halogens is 2. The van der Waals surface area contributed by atoms with Gasteiger partial charge in [0.05, 0.1) is 5.56 Å². The smallest absolute Gasteiger partial charge is 0.254 e. The molecular weight excluding hydrogens is 267 g/mol. The van der Waals surface area contributed by atoms with E-state index in [1.807, 2.05) is 0 Å². The second kappa shape index (κ2) is 6.87. The van der Waals surface area contributed by atoms with Gasteiger partial charge in [-0.05, 0) is 25.0 Å². The molecule has 19 heavy (non-hydrogen) atoms. The summed E-state index contributed by atoms with van der Waals surface area (Å²) < 4.78 is 13.4. The standard InChI is InChI=1S/C14H19FN2O.ClH/c15-12-7-3-2-6-11(12)13(18)17-10-14(16)8-4-1-5-9-14;/h2-3,6-7H,1,4-5,8-10,16H2,(H,17,18);1H. The first-order valence-electron chi connectivity index (χ1n) is 6.42. The van der Waals surface area contributed by atoms with E-state index in [1.165, 1.54) is 18.6 Å². The molecule has 0 heterocycles. The monoisotopic (exact) mass is 286 g/mol. The second-order valence-electron chi connectivity index (χ2n) is 5.09. The number of carbonyl (C=O) groups is 1. The van der Waals surface area contributed by atoms with Crippen LogP contribution in [0.4, 0.5) is 4.39 Å². The first kappa shape index (κ1) is 15.9. The number of amides is 1. The summed E-state index contributed by atoms with van der Waals surface area (Å²) in [6, 6.07) is 5.98. The molecule has 1 fully saturated rings. The molecule has 0 radical (unpaired) electrons. The van der Waals surface area contributed by atoms with Crippen molar-refractivity contribution in [2.24, 2.45) is 5.73 Å². The number of nitrogens with two attached hydrogens (primary N) is 1. The Morgan fingerprint density at radius 2 is 1.89 bits per heavy atom. The van der Waals surface area contributed by atoms with Crippen molar-refractivity contribution in [2.75, 3.05) is 6.54 Å². The summed E-state index contributed by atoms with van der Waals surface area (Å²) in [5.41, 5.74) is 5.98. The summed E-state index contributed by atoms with van der Waals surface area (Å²) in [5.74, 6) is -0.881. The quantitative estimate of drug-likeness (QED) is 0.897. The Morgan fingerprint density at radius 3 is 2.53 bits per heavy atom. The molecule has 2 rings (SSSR count). The van der Waals surface area contributed by atoms with E-state index in [0.29, 0.717) is 6.54 Å². The van der Waals surface area contributed by atoms with Gasteiger partial charge in [0.15, 0.2) is 0 Å². The molecule has 0 spiro atoms. The maximum Gasteiger partial charge on any atom is 0.254 e. The van der Waals surface area contributed by atoms with Crippen LogP contribution in [0, 0.1) is 5.82 Å². The molecule has 1 saturated carbocycles. The third-order valence-electron chi connectivity index (χ3n) is 3.57. The van der Waals surface area contributed by atoms with Crippen molar-refractivity contribution in [1.82, 2.24) is 5.32 Å². The van der Waals surface area contributed by atoms with Crippen LogP contribution < -0.4 is 11.1 Å². The van der Waals surface area contributed by atoms with E-state index < -0.39 is 5.82 Å². The second-order valence-corrected chi connectivity index (χ2v) is 5.09. The molecule has 0 atom stereocenters. The van der Waals surface area contributed by atoms with Crippen molar-refractivity contribution < 1.29 is 9.18 Å². The SMILES string of the molecule is Cl.NC1(CNC(=O)c2ccccc2F)CCCCC1. The lowest BCUT2D eigenvalue weighted by molar-refractivity contribution is 0.0933. The molecule has 0 bridgehead atoms. The van der Waals surface area contributed by atoms with Gasteiger partial charge < -0.3 is 11.1 Å². The van der Waals surface area contributed by atoms with Crippen molar-refractivity contribution in [2.45, 2.75) is 37.6 Å². The topological polar surface area (TPSA) is 55.1 Å². The Morgan fingerprint density at radius 1 is 1.26 bits per heavy atom. The van der Waals surface area contributed by atoms with E-state index in [9.17, 15) is 9.18 Å². The number of hydrogen-bond acceptors (Lipinski definition) is 2. The van der Waals surface area contributed by atoms with Crippen LogP contribution in [0.15, 0.2) is 24.3 Å². The zero-order valence-corrected chi connectivity index (χ0v) is 11.6. The normalized spacial score (nSPS) is 17.4. The zero-order valence-electron chi connectivity index (χ0n) is 10.8. The molecule has 3 nitrogen and oxygen atoms in total. The minimum atomic E-state index is -0.496. The molecule has 3 N–H and O–H groups in total. The maximum absolute atomic E-state index is 13.4. The van der Waals surface area contributed by atoms with Gasteiger partial charge >= 0.3 is 0 Å². The Kier molecular flexibility index (Phi) is 5.76. The van der Waals surface area contributed by atoms with E-state index in [0.717, 1.165) is 25.7 Å². The minimum Gasteiger partial charge on any atom is -0.350 e. The van der Waals surface area contributed by atoms with E-state index in [-0.39, 0.29) is 29.4 Å². The molecule has 1 aromatic carbocycles. The molecule has 1 aliphatic carbocycles. The van der Waals surface area contributed by atoms with E-state index in [2.05, 4.69) is 5.32 Å². The summed E-state index contributed by atoms with van der Waals surface area (Å²) in [6.45, 7) is 0.417. The highest BCUT2D eigenvalue weighted by Crippen LogP contribution is 2.25. The summed E-state index contributed by atoms with van der Waals surface area (Å²) in [7, 11) is 0. The molecule has 0 aromatic heterocycles. The number of carbonyl (C=O) groups excluding carboxylic acids is 1. The lowest BCUT2D eigenvalue weighted by Crippen LogP contribution is -2.51. The van der Waals surface area contributed by atoms with Gasteiger partial charge in [-0.25, -0.2) is 4.39 Å². The van der Waals surface area contributed by atoms with Gasteiger partial charge in [-0.15, -0.1) is 12.4 Å². The van der Waals surface area contributed by atoms with Crippen LogP contribution in [0.1, 0.15) is 42.5 Å². The fraction of sp³-hybridized carbons (Fsp3) is 0.500. The average molecular weight is 287 g/mol. The Labute approximate surface area is 119 Å². The van der Waals surface area contributed by atoms with Crippen LogP contribution in [-0.2, 0) is 0 Å². The van der Waals surface area contributed by atoms with Crippen molar-refractivity contribution in [3.8, 4) is 0 Å². The third kappa shape index (κ3) is 4.18. The fourth-order valence-electron chi connectivity index (χ4n) is 2.43. The molecule has 0 saturated heterocycles. The van der Waals surface area contributed by atoms with E-state index in [1.54, 1.807) is 12.1 Å². The van der Waals surface area contributed by atoms with Crippen molar-refractivity contribution in [1.29, 1.82) is 0 Å². The third-order valence-corrected chi connectivity index (χ3v) is 3.57. The predicted octanol–water partition coefficient (Wildman–Crippen LogP) is 2.64. The van der Waals surface area contributed by atoms with E-state index in [4.69, 9.17) is 5.73 Å². The maximum atomic E-state index is 13.4. The fourth-order valence-corrected chi connectivity index (χ4v) is 2.43. The van der Waals surface area contributed by atoms with Crippen LogP contribution in [-0.4, -0.2) is 18.0 Å². The molecule has 0 aliphatic heterocycles. The van der Waals surface area contributed by atoms with Gasteiger partial charge in [0, 0.05) is 12.1 Å². The first-order chi connectivity index (χ1) is 8.61. The Bertz CT molecular complexity index is 433. The van der Waals surface area contributed by atoms with E-state index >= 15 is 0 Å². The van der Waals surface area contributed by atoms with Crippen LogP contribution in [0.25, 0.3) is 0 Å². The van der Waals surface area contributed by atoms with Crippen LogP contribution in [0.5, 0.6) is 0 Å². The van der Waals surface area contributed by atoms with Gasteiger partial charge in [-0.2, -0.15) is 0 Å². The van der Waals surface area contributed by atoms with Crippen LogP contribution in [0.2, 0.25) is 0 Å². The number of hydrogen-bond donors (Lipinski definition) is 2. The van der Waals surface area contributed by atoms with Crippen molar-refractivity contribution in [3.63, 3.8) is 0 Å². The van der Waals surface area contributed by atoms with Gasteiger partial charge in [0.2, 0.25) is 0 Å². The Hall–Kier alpha value is -1.13. The summed E-state index contributed by atoms with van der Waals surface area (Å²) in [5, 5.41) is 2.75. The van der Waals surface area contributed by atoms with Crippen molar-refractivity contribution >= 4 is 18.3 Å². The molecule has 1 aliphatic rings. The Balaban J connectivity index is 0.00000180. The molecule has 106 valence electrons. The molecular formula is C14H20ClFN2O. The minimum absolute atomic E-state index is 0. The largest absolute Gasteiger partial charge is 0.350 e. The number of benzene rings is 1. The molecule has 5 heteroatoms. The zero-order chi connectivity index (χ0) is 13.0. The molecule has 1 aromatic rings. The lowest BCUT2D eigenvalue weighted by atomic mass is 9.82. The molecule has 0 unspecified atom stereocenters. The van der Waals surface area contributed by atoms with Crippen LogP contribution in [0.3, 0.4) is 0 Å².